The predicted octanol–water partition coefficient (Wildman–Crippen LogP) is 3.11. The molecule has 1 aromatic carbocycles. The normalized spacial score (nSPS) is 11.8. The van der Waals surface area contributed by atoms with Gasteiger partial charge in [0.1, 0.15) is 6.33 Å². The van der Waals surface area contributed by atoms with Crippen molar-refractivity contribution in [3.63, 3.8) is 0 Å². The molecule has 0 saturated heterocycles. The van der Waals surface area contributed by atoms with Gasteiger partial charge >= 0.3 is 6.03 Å². The topological polar surface area (TPSA) is 85.2 Å². The maximum atomic E-state index is 13.2. The SMILES string of the molecule is CCc1cccc(C(C)C)c1S(=O)(=O)c1ncn(C(=O)N(CC)CC)n1. The maximum absolute atomic E-state index is 13.2. The standard InChI is InChI=1S/C18H26N4O3S/c1-6-14-10-9-11-15(13(4)5)16(14)26(24,25)17-19-12-22(20-17)18(23)21(7-2)8-3/h9-13H,6-8H2,1-5H3. The molecule has 8 heteroatoms. The first kappa shape index (κ1) is 20.1. The number of carbonyl (C=O) groups is 1. The van der Waals surface area contributed by atoms with Gasteiger partial charge in [-0.15, -0.1) is 5.10 Å². The van der Waals surface area contributed by atoms with Gasteiger partial charge in [-0.1, -0.05) is 39.0 Å². The van der Waals surface area contributed by atoms with Crippen LogP contribution in [0.2, 0.25) is 0 Å². The van der Waals surface area contributed by atoms with Gasteiger partial charge in [-0.3, -0.25) is 0 Å². The summed E-state index contributed by atoms with van der Waals surface area (Å²) in [4.78, 5) is 18.1. The number of aromatic nitrogens is 3. The van der Waals surface area contributed by atoms with Gasteiger partial charge in [-0.2, -0.15) is 4.68 Å². The number of rotatable bonds is 6. The molecule has 0 N–H and O–H groups in total. The highest BCUT2D eigenvalue weighted by Crippen LogP contribution is 2.30. The van der Waals surface area contributed by atoms with Crippen molar-refractivity contribution >= 4 is 15.9 Å². The summed E-state index contributed by atoms with van der Waals surface area (Å²) in [6, 6.07) is 5.09. The molecular weight excluding hydrogens is 352 g/mol. The number of amides is 1. The van der Waals surface area contributed by atoms with Crippen LogP contribution in [-0.2, 0) is 16.3 Å². The van der Waals surface area contributed by atoms with Crippen molar-refractivity contribution < 1.29 is 13.2 Å². The molecule has 0 aliphatic carbocycles. The van der Waals surface area contributed by atoms with Crippen LogP contribution in [0.5, 0.6) is 0 Å². The van der Waals surface area contributed by atoms with E-state index in [1.807, 2.05) is 46.8 Å². The first-order valence-corrected chi connectivity index (χ1v) is 10.3. The fraction of sp³-hybridized carbons (Fsp3) is 0.500. The van der Waals surface area contributed by atoms with Gasteiger partial charge in [0.15, 0.2) is 0 Å². The molecule has 0 aliphatic rings. The second kappa shape index (κ2) is 7.99. The highest BCUT2D eigenvalue weighted by molar-refractivity contribution is 7.91. The van der Waals surface area contributed by atoms with E-state index in [2.05, 4.69) is 10.1 Å². The van der Waals surface area contributed by atoms with Crippen LogP contribution < -0.4 is 0 Å². The van der Waals surface area contributed by atoms with Gasteiger partial charge in [-0.25, -0.2) is 18.2 Å². The zero-order chi connectivity index (χ0) is 19.5. The van der Waals surface area contributed by atoms with Gasteiger partial charge in [0, 0.05) is 13.1 Å². The maximum Gasteiger partial charge on any atom is 0.346 e. The van der Waals surface area contributed by atoms with Crippen LogP contribution in [-0.4, -0.2) is 47.2 Å². The molecule has 2 rings (SSSR count). The van der Waals surface area contributed by atoms with Crippen molar-refractivity contribution in [1.29, 1.82) is 0 Å². The summed E-state index contributed by atoms with van der Waals surface area (Å²) in [5.74, 6) is 0.0330. The van der Waals surface area contributed by atoms with Crippen LogP contribution in [0.4, 0.5) is 4.79 Å². The highest BCUT2D eigenvalue weighted by atomic mass is 32.2. The molecule has 0 fully saturated rings. The molecular formula is C18H26N4O3S. The number of aryl methyl sites for hydroxylation is 1. The molecule has 0 saturated carbocycles. The fourth-order valence-electron chi connectivity index (χ4n) is 2.86. The van der Waals surface area contributed by atoms with E-state index in [1.165, 1.54) is 0 Å². The summed E-state index contributed by atoms with van der Waals surface area (Å²) in [6.07, 6.45) is 1.74. The molecule has 1 amide bonds. The Morgan fingerprint density at radius 2 is 1.85 bits per heavy atom. The summed E-state index contributed by atoms with van der Waals surface area (Å²) in [5.41, 5.74) is 1.46. The van der Waals surface area contributed by atoms with Crippen LogP contribution in [0.15, 0.2) is 34.6 Å². The third kappa shape index (κ3) is 3.65. The highest BCUT2D eigenvalue weighted by Gasteiger charge is 2.30. The van der Waals surface area contributed by atoms with Crippen LogP contribution in [0, 0.1) is 0 Å². The summed E-state index contributed by atoms with van der Waals surface area (Å²) in [7, 11) is -3.92. The molecule has 2 aromatic rings. The number of nitrogens with zero attached hydrogens (tertiary/aromatic N) is 4. The molecule has 0 spiro atoms. The van der Waals surface area contributed by atoms with Crippen molar-refractivity contribution in [2.24, 2.45) is 0 Å². The van der Waals surface area contributed by atoms with E-state index in [4.69, 9.17) is 0 Å². The van der Waals surface area contributed by atoms with E-state index in [0.717, 1.165) is 22.1 Å². The third-order valence-electron chi connectivity index (χ3n) is 4.34. The number of hydrogen-bond acceptors (Lipinski definition) is 5. The first-order chi connectivity index (χ1) is 12.3. The van der Waals surface area contributed by atoms with E-state index < -0.39 is 15.9 Å². The zero-order valence-corrected chi connectivity index (χ0v) is 16.7. The number of benzene rings is 1. The Balaban J connectivity index is 2.55. The Bertz CT molecular complexity index is 884. The smallest absolute Gasteiger partial charge is 0.323 e. The van der Waals surface area contributed by atoms with Crippen molar-refractivity contribution in [3.8, 4) is 0 Å². The Labute approximate surface area is 155 Å². The molecule has 0 radical (unpaired) electrons. The van der Waals surface area contributed by atoms with Crippen LogP contribution in [0.3, 0.4) is 0 Å². The van der Waals surface area contributed by atoms with Gasteiger partial charge in [-0.05, 0) is 37.3 Å². The van der Waals surface area contributed by atoms with Gasteiger partial charge in [0.05, 0.1) is 4.90 Å². The molecule has 26 heavy (non-hydrogen) atoms. The van der Waals surface area contributed by atoms with Gasteiger partial charge in [0.25, 0.3) is 5.16 Å². The second-order valence-electron chi connectivity index (χ2n) is 6.27. The molecule has 142 valence electrons. The van der Waals surface area contributed by atoms with E-state index >= 15 is 0 Å². The second-order valence-corrected chi connectivity index (χ2v) is 8.05. The van der Waals surface area contributed by atoms with E-state index in [9.17, 15) is 13.2 Å². The summed E-state index contributed by atoms with van der Waals surface area (Å²) < 4.78 is 27.4. The largest absolute Gasteiger partial charge is 0.346 e. The lowest BCUT2D eigenvalue weighted by Crippen LogP contribution is -2.34. The minimum Gasteiger partial charge on any atom is -0.323 e. The summed E-state index contributed by atoms with van der Waals surface area (Å²) in [6.45, 7) is 10.5. The van der Waals surface area contributed by atoms with E-state index in [1.54, 1.807) is 11.0 Å². The first-order valence-electron chi connectivity index (χ1n) is 8.85. The molecule has 7 nitrogen and oxygen atoms in total. The van der Waals surface area contributed by atoms with Gasteiger partial charge in [0.2, 0.25) is 9.84 Å². The molecule has 0 bridgehead atoms. The van der Waals surface area contributed by atoms with E-state index in [0.29, 0.717) is 19.5 Å². The lowest BCUT2D eigenvalue weighted by atomic mass is 10.00. The number of carbonyl (C=O) groups excluding carboxylic acids is 1. The minimum absolute atomic E-state index is 0.0330. The molecule has 0 atom stereocenters. The van der Waals surface area contributed by atoms with Crippen LogP contribution >= 0.6 is 0 Å². The zero-order valence-electron chi connectivity index (χ0n) is 15.9. The summed E-state index contributed by atoms with van der Waals surface area (Å²) in [5, 5.41) is 3.63. The Morgan fingerprint density at radius 3 is 2.38 bits per heavy atom. The minimum atomic E-state index is -3.92. The predicted molar refractivity (Wildman–Crippen MR) is 99.1 cm³/mol. The van der Waals surface area contributed by atoms with Gasteiger partial charge < -0.3 is 4.90 Å². The average molecular weight is 378 g/mol. The Hall–Kier alpha value is -2.22. The lowest BCUT2D eigenvalue weighted by Gasteiger charge is -2.17. The lowest BCUT2D eigenvalue weighted by molar-refractivity contribution is 0.201. The number of sulfone groups is 1. The quantitative estimate of drug-likeness (QED) is 0.771. The number of hydrogen-bond donors (Lipinski definition) is 0. The van der Waals surface area contributed by atoms with Crippen molar-refractivity contribution in [3.05, 3.63) is 35.7 Å². The monoisotopic (exact) mass is 378 g/mol. The molecule has 1 heterocycles. The Kier molecular flexibility index (Phi) is 6.17. The fourth-order valence-corrected chi connectivity index (χ4v) is 4.59. The average Bonchev–Trinajstić information content (AvgIpc) is 3.12. The van der Waals surface area contributed by atoms with Crippen molar-refractivity contribution in [2.75, 3.05) is 13.1 Å². The van der Waals surface area contributed by atoms with Crippen molar-refractivity contribution in [2.45, 2.75) is 57.0 Å². The molecule has 0 unspecified atom stereocenters. The van der Waals surface area contributed by atoms with E-state index in [-0.39, 0.29) is 16.0 Å². The summed E-state index contributed by atoms with van der Waals surface area (Å²) >= 11 is 0. The third-order valence-corrected chi connectivity index (χ3v) is 6.04. The van der Waals surface area contributed by atoms with Crippen LogP contribution in [0.25, 0.3) is 0 Å². The van der Waals surface area contributed by atoms with Crippen molar-refractivity contribution in [1.82, 2.24) is 19.7 Å². The molecule has 0 aliphatic heterocycles. The molecule has 1 aromatic heterocycles. The van der Waals surface area contributed by atoms with Crippen LogP contribution in [0.1, 0.15) is 51.7 Å². The Morgan fingerprint density at radius 1 is 1.19 bits per heavy atom.